The third-order valence-electron chi connectivity index (χ3n) is 21.4. The zero-order chi connectivity index (χ0) is 66.7. The monoisotopic (exact) mass is 1300 g/mol. The van der Waals surface area contributed by atoms with E-state index in [9.17, 15) is 0 Å². The average Bonchev–Trinajstić information content (AvgIpc) is 1.62. The molecule has 22 rings (SSSR count). The summed E-state index contributed by atoms with van der Waals surface area (Å²) in [4.78, 5) is 15.4. The third-order valence-corrected chi connectivity index (χ3v) is 21.4. The topological polar surface area (TPSA) is 68.2 Å². The fourth-order valence-corrected chi connectivity index (χ4v) is 17.1. The Hall–Kier alpha value is -13.9. The van der Waals surface area contributed by atoms with Crippen molar-refractivity contribution in [1.82, 2.24) is 42.4 Å². The Bertz CT molecular complexity index is 7100. The first-order chi connectivity index (χ1) is 50.6. The molecule has 0 aliphatic carbocycles. The maximum atomic E-state index is 6.37. The standard InChI is InChI=1S/C93H57N9/c1-10-28-79-65(19-1)66-20-2-11-29-80(66)97(79)61-38-42-88-76(54-61)71-25-7-16-34-85(71)100(88)91-57-75(60-37-41-64(58-45-49-94-50-46-58)74(53-60)59-47-51-95-52-48-59)92(101-86-35-17-8-26-72(86)77-55-62(39-43-89(77)101)98-81-30-12-3-21-67(81)68-22-4-13-31-82(68)98)93(96-91)102-87-36-18-9-27-73(87)78-56-63(40-44-90(78)102)99-83-32-14-5-23-69(83)70-24-6-15-33-84(70)99/h1-57H. The first-order valence-corrected chi connectivity index (χ1v) is 34.7. The van der Waals surface area contributed by atoms with Gasteiger partial charge in [0, 0.05) is 112 Å². The van der Waals surface area contributed by atoms with E-state index in [1.807, 2.05) is 24.8 Å². The Kier molecular flexibility index (Phi) is 12.0. The molecule has 102 heavy (non-hydrogen) atoms. The fraction of sp³-hybridized carbons (Fsp3) is 0. The Morgan fingerprint density at radius 2 is 0.480 bits per heavy atom. The van der Waals surface area contributed by atoms with Gasteiger partial charge in [0.2, 0.25) is 0 Å². The highest BCUT2D eigenvalue weighted by molar-refractivity contribution is 6.17. The molecule has 0 bridgehead atoms. The lowest BCUT2D eigenvalue weighted by Crippen LogP contribution is -2.11. The van der Waals surface area contributed by atoms with Crippen molar-refractivity contribution in [2.45, 2.75) is 0 Å². The molecule has 0 aliphatic heterocycles. The number of para-hydroxylation sites is 9. The van der Waals surface area contributed by atoms with Crippen LogP contribution in [0.2, 0.25) is 0 Å². The molecule has 0 radical (unpaired) electrons. The minimum atomic E-state index is 0.768. The molecule has 0 spiro atoms. The minimum Gasteiger partial charge on any atom is -0.309 e. The highest BCUT2D eigenvalue weighted by Crippen LogP contribution is 2.48. The number of hydrogen-bond acceptors (Lipinski definition) is 3. The molecule has 22 aromatic rings. The normalized spacial score (nSPS) is 12.1. The molecular formula is C93H57N9. The molecule has 0 N–H and O–H groups in total. The van der Waals surface area contributed by atoms with Gasteiger partial charge < -0.3 is 18.3 Å². The highest BCUT2D eigenvalue weighted by atomic mass is 15.2. The fourth-order valence-electron chi connectivity index (χ4n) is 17.1. The van der Waals surface area contributed by atoms with E-state index in [-0.39, 0.29) is 0 Å². The van der Waals surface area contributed by atoms with Gasteiger partial charge in [-0.1, -0.05) is 176 Å². The van der Waals surface area contributed by atoms with Crippen LogP contribution in [-0.2, 0) is 0 Å². The molecule has 0 unspecified atom stereocenters. The second kappa shape index (κ2) is 21.8. The van der Waals surface area contributed by atoms with Crippen LogP contribution in [0.3, 0.4) is 0 Å². The van der Waals surface area contributed by atoms with Gasteiger partial charge in [-0.2, -0.15) is 0 Å². The van der Waals surface area contributed by atoms with Crippen molar-refractivity contribution in [1.29, 1.82) is 0 Å². The molecule has 0 saturated heterocycles. The summed E-state index contributed by atoms with van der Waals surface area (Å²) in [6.07, 6.45) is 7.54. The lowest BCUT2D eigenvalue weighted by Gasteiger charge is -2.23. The van der Waals surface area contributed by atoms with E-state index < -0.39 is 0 Å². The summed E-state index contributed by atoms with van der Waals surface area (Å²) in [6, 6.07) is 118. The number of nitrogens with zero attached hydrogens (tertiary/aromatic N) is 9. The van der Waals surface area contributed by atoms with Crippen molar-refractivity contribution < 1.29 is 0 Å². The summed E-state index contributed by atoms with van der Waals surface area (Å²) in [6.45, 7) is 0. The number of pyridine rings is 3. The molecule has 0 amide bonds. The lowest BCUT2D eigenvalue weighted by atomic mass is 9.91. The third kappa shape index (κ3) is 8.12. The smallest absolute Gasteiger partial charge is 0.165 e. The Morgan fingerprint density at radius 1 is 0.186 bits per heavy atom. The zero-order valence-electron chi connectivity index (χ0n) is 54.9. The number of fused-ring (bicyclic) bond motifs is 18. The van der Waals surface area contributed by atoms with Crippen molar-refractivity contribution >= 4 is 131 Å². The molecule has 474 valence electrons. The first kappa shape index (κ1) is 56.2. The summed E-state index contributed by atoms with van der Waals surface area (Å²) in [5.41, 5.74) is 23.6. The van der Waals surface area contributed by atoms with E-state index in [1.165, 1.54) is 32.3 Å². The van der Waals surface area contributed by atoms with E-state index in [2.05, 4.69) is 359 Å². The Balaban J connectivity index is 0.888. The van der Waals surface area contributed by atoms with Gasteiger partial charge in [0.15, 0.2) is 5.82 Å². The predicted octanol–water partition coefficient (Wildman–Crippen LogP) is 23.5. The molecule has 9 aromatic heterocycles. The Morgan fingerprint density at radius 3 is 0.863 bits per heavy atom. The number of aromatic nitrogens is 9. The highest BCUT2D eigenvalue weighted by Gasteiger charge is 2.29. The predicted molar refractivity (Wildman–Crippen MR) is 422 cm³/mol. The maximum Gasteiger partial charge on any atom is 0.165 e. The van der Waals surface area contributed by atoms with Crippen molar-refractivity contribution in [3.8, 4) is 67.8 Å². The number of benzene rings is 13. The van der Waals surface area contributed by atoms with Crippen LogP contribution in [0.15, 0.2) is 346 Å². The van der Waals surface area contributed by atoms with Crippen LogP contribution in [0.5, 0.6) is 0 Å². The van der Waals surface area contributed by atoms with Crippen LogP contribution < -0.4 is 0 Å². The quantitative estimate of drug-likeness (QED) is 0.145. The molecule has 9 nitrogen and oxygen atoms in total. The van der Waals surface area contributed by atoms with E-state index in [0.717, 1.165) is 166 Å². The Labute approximate surface area is 583 Å². The van der Waals surface area contributed by atoms with Crippen LogP contribution in [0.4, 0.5) is 0 Å². The van der Waals surface area contributed by atoms with Crippen molar-refractivity contribution in [3.63, 3.8) is 0 Å². The summed E-state index contributed by atoms with van der Waals surface area (Å²) in [5.74, 6) is 1.54. The van der Waals surface area contributed by atoms with Crippen molar-refractivity contribution in [3.05, 3.63) is 346 Å². The summed E-state index contributed by atoms with van der Waals surface area (Å²) in [7, 11) is 0. The van der Waals surface area contributed by atoms with E-state index >= 15 is 0 Å². The van der Waals surface area contributed by atoms with E-state index in [0.29, 0.717) is 0 Å². The molecule has 0 fully saturated rings. The summed E-state index contributed by atoms with van der Waals surface area (Å²) in [5, 5.41) is 14.0. The number of rotatable bonds is 9. The lowest BCUT2D eigenvalue weighted by molar-refractivity contribution is 0.984. The second-order valence-corrected chi connectivity index (χ2v) is 26.7. The molecule has 0 aliphatic rings. The van der Waals surface area contributed by atoms with Gasteiger partial charge in [-0.25, -0.2) is 4.98 Å². The molecule has 9 heterocycles. The van der Waals surface area contributed by atoms with Crippen LogP contribution in [0, 0.1) is 0 Å². The molecule has 13 aromatic carbocycles. The zero-order valence-corrected chi connectivity index (χ0v) is 54.9. The van der Waals surface area contributed by atoms with Crippen molar-refractivity contribution in [2.24, 2.45) is 0 Å². The van der Waals surface area contributed by atoms with Gasteiger partial charge in [-0.3, -0.25) is 19.1 Å². The van der Waals surface area contributed by atoms with Gasteiger partial charge >= 0.3 is 0 Å². The minimum absolute atomic E-state index is 0.768. The molecule has 0 saturated carbocycles. The molecular weight excluding hydrogens is 1240 g/mol. The summed E-state index contributed by atoms with van der Waals surface area (Å²) >= 11 is 0. The van der Waals surface area contributed by atoms with Gasteiger partial charge in [-0.15, -0.1) is 0 Å². The SMILES string of the molecule is c1ccc2c(c1)c1ccccc1n2-c1ccc2c(c1)c1ccccc1n2-c1cc(-c2ccc(-c3ccncc3)c(-c3ccncc3)c2)c(-n2c3ccccc3c3cc(-n4c5ccccc5c5ccccc54)ccc32)c(-n2c3ccccc3c3cc(-n4c5ccccc5c5ccccc54)ccc32)n1. The van der Waals surface area contributed by atoms with Crippen molar-refractivity contribution in [2.75, 3.05) is 0 Å². The molecule has 0 atom stereocenters. The number of hydrogen-bond donors (Lipinski definition) is 0. The summed E-state index contributed by atoms with van der Waals surface area (Å²) < 4.78 is 14.7. The van der Waals surface area contributed by atoms with Crippen LogP contribution in [0.1, 0.15) is 0 Å². The second-order valence-electron chi connectivity index (χ2n) is 26.7. The van der Waals surface area contributed by atoms with Crippen LogP contribution >= 0.6 is 0 Å². The molecule has 9 heteroatoms. The van der Waals surface area contributed by atoms with E-state index in [4.69, 9.17) is 4.98 Å². The first-order valence-electron chi connectivity index (χ1n) is 34.7. The van der Waals surface area contributed by atoms with Crippen LogP contribution in [0.25, 0.3) is 199 Å². The maximum absolute atomic E-state index is 6.37. The largest absolute Gasteiger partial charge is 0.309 e. The van der Waals surface area contributed by atoms with Crippen LogP contribution in [-0.4, -0.2) is 42.4 Å². The van der Waals surface area contributed by atoms with Gasteiger partial charge in [0.25, 0.3) is 0 Å². The van der Waals surface area contributed by atoms with Gasteiger partial charge in [0.1, 0.15) is 5.82 Å². The van der Waals surface area contributed by atoms with Gasteiger partial charge in [-0.05, 0) is 173 Å². The average molecular weight is 1300 g/mol. The van der Waals surface area contributed by atoms with E-state index in [1.54, 1.807) is 0 Å². The van der Waals surface area contributed by atoms with Gasteiger partial charge in [0.05, 0.1) is 71.9 Å².